The van der Waals surface area contributed by atoms with Crippen molar-refractivity contribution in [3.8, 4) is 0 Å². The van der Waals surface area contributed by atoms with Crippen LogP contribution >= 0.6 is 0 Å². The molecule has 0 radical (unpaired) electrons. The average molecular weight is 353 g/mol. The largest absolute Gasteiger partial charge is 0.322 e. The molecule has 134 valence electrons. The highest BCUT2D eigenvalue weighted by molar-refractivity contribution is 6.08. The van der Waals surface area contributed by atoms with Crippen LogP contribution in [0.3, 0.4) is 0 Å². The summed E-state index contributed by atoms with van der Waals surface area (Å²) >= 11 is 0. The molecule has 7 nitrogen and oxygen atoms in total. The Hall–Kier alpha value is -3.48. The fraction of sp³-hybridized carbons (Fsp3) is 0.158. The van der Waals surface area contributed by atoms with Crippen molar-refractivity contribution >= 4 is 29.3 Å². The number of nitrogens with one attached hydrogen (secondary N) is 2. The smallest absolute Gasteiger partial charge is 0.272 e. The monoisotopic (exact) mass is 353 g/mol. The number of hydrogen-bond donors (Lipinski definition) is 2. The summed E-state index contributed by atoms with van der Waals surface area (Å²) in [4.78, 5) is 34.4. The van der Waals surface area contributed by atoms with E-state index in [1.54, 1.807) is 6.07 Å². The summed E-state index contributed by atoms with van der Waals surface area (Å²) in [5.74, 6) is -0.932. The molecule has 26 heavy (non-hydrogen) atoms. The molecule has 2 aromatic rings. The van der Waals surface area contributed by atoms with E-state index >= 15 is 0 Å². The molecule has 0 bridgehead atoms. The number of nitrogens with zero attached hydrogens (tertiary/aromatic N) is 1. The lowest BCUT2D eigenvalue weighted by atomic mass is 10.1. The van der Waals surface area contributed by atoms with Gasteiger partial charge in [0.2, 0.25) is 5.91 Å². The predicted octanol–water partition coefficient (Wildman–Crippen LogP) is 3.33. The molecule has 7 heteroatoms. The van der Waals surface area contributed by atoms with E-state index in [0.717, 1.165) is 11.1 Å². The Balaban J connectivity index is 2.35. The van der Waals surface area contributed by atoms with Crippen molar-refractivity contribution in [2.45, 2.75) is 20.8 Å². The van der Waals surface area contributed by atoms with Gasteiger partial charge >= 0.3 is 0 Å². The van der Waals surface area contributed by atoms with Crippen LogP contribution in [-0.4, -0.2) is 16.7 Å². The molecule has 0 heterocycles. The van der Waals surface area contributed by atoms with Crippen LogP contribution in [0.1, 0.15) is 23.6 Å². The summed E-state index contributed by atoms with van der Waals surface area (Å²) in [7, 11) is 0. The minimum absolute atomic E-state index is 0.00101. The van der Waals surface area contributed by atoms with Gasteiger partial charge in [-0.05, 0) is 42.7 Å². The number of nitro benzene ring substituents is 1. The highest BCUT2D eigenvalue weighted by atomic mass is 16.6. The normalized spacial score (nSPS) is 11.0. The summed E-state index contributed by atoms with van der Waals surface area (Å²) < 4.78 is 0. The lowest BCUT2D eigenvalue weighted by Crippen LogP contribution is -2.29. The maximum atomic E-state index is 12.6. The molecular weight excluding hydrogens is 334 g/mol. The zero-order chi connectivity index (χ0) is 19.3. The molecule has 0 spiro atoms. The van der Waals surface area contributed by atoms with Crippen molar-refractivity contribution in [3.05, 3.63) is 75.0 Å². The number of anilines is 1. The molecule has 2 amide bonds. The highest BCUT2D eigenvalue weighted by Crippen LogP contribution is 2.19. The summed E-state index contributed by atoms with van der Waals surface area (Å²) in [6, 6.07) is 11.4. The number of aryl methyl sites for hydroxylation is 2. The third-order valence-electron chi connectivity index (χ3n) is 3.59. The van der Waals surface area contributed by atoms with E-state index in [1.165, 1.54) is 31.2 Å². The van der Waals surface area contributed by atoms with Gasteiger partial charge in [-0.1, -0.05) is 24.3 Å². The first-order valence-corrected chi connectivity index (χ1v) is 7.88. The lowest BCUT2D eigenvalue weighted by molar-refractivity contribution is -0.384. The van der Waals surface area contributed by atoms with Crippen molar-refractivity contribution < 1.29 is 14.5 Å². The summed E-state index contributed by atoms with van der Waals surface area (Å²) in [5, 5.41) is 16.1. The van der Waals surface area contributed by atoms with Crippen LogP contribution in [0, 0.1) is 24.0 Å². The van der Waals surface area contributed by atoms with Gasteiger partial charge in [0.05, 0.1) is 4.92 Å². The van der Waals surface area contributed by atoms with Crippen molar-refractivity contribution in [2.75, 3.05) is 5.32 Å². The predicted molar refractivity (Wildman–Crippen MR) is 99.4 cm³/mol. The topological polar surface area (TPSA) is 101 Å². The van der Waals surface area contributed by atoms with Gasteiger partial charge in [0, 0.05) is 24.7 Å². The van der Waals surface area contributed by atoms with Crippen molar-refractivity contribution in [2.24, 2.45) is 0 Å². The zero-order valence-corrected chi connectivity index (χ0v) is 14.7. The lowest BCUT2D eigenvalue weighted by Gasteiger charge is -2.12. The van der Waals surface area contributed by atoms with Crippen LogP contribution in [0.25, 0.3) is 6.08 Å². The Morgan fingerprint density at radius 1 is 1.12 bits per heavy atom. The quantitative estimate of drug-likeness (QED) is 0.489. The summed E-state index contributed by atoms with van der Waals surface area (Å²) in [6.07, 6.45) is 1.40. The maximum absolute atomic E-state index is 12.6. The van der Waals surface area contributed by atoms with Gasteiger partial charge in [-0.2, -0.15) is 0 Å². The summed E-state index contributed by atoms with van der Waals surface area (Å²) in [6.45, 7) is 5.05. The number of nitro groups is 1. The molecule has 2 aromatic carbocycles. The van der Waals surface area contributed by atoms with Gasteiger partial charge in [0.25, 0.3) is 11.6 Å². The van der Waals surface area contributed by atoms with Gasteiger partial charge in [0.15, 0.2) is 0 Å². The standard InChI is InChI=1S/C19H19N3O4/c1-12-7-8-13(2)17(9-12)21-19(24)18(20-14(3)23)11-15-5-4-6-16(10-15)22(25)26/h4-11H,1-3H3,(H,20,23)(H,21,24)/b18-11-. The van der Waals surface area contributed by atoms with Crippen LogP contribution < -0.4 is 10.6 Å². The van der Waals surface area contributed by atoms with Crippen LogP contribution in [0.4, 0.5) is 11.4 Å². The molecule has 0 fully saturated rings. The number of non-ortho nitro benzene ring substituents is 1. The second-order valence-electron chi connectivity index (χ2n) is 5.86. The molecule has 0 aliphatic rings. The first kappa shape index (κ1) is 18.9. The first-order valence-electron chi connectivity index (χ1n) is 7.88. The highest BCUT2D eigenvalue weighted by Gasteiger charge is 2.14. The molecule has 2 N–H and O–H groups in total. The zero-order valence-electron chi connectivity index (χ0n) is 14.7. The third-order valence-corrected chi connectivity index (χ3v) is 3.59. The van der Waals surface area contributed by atoms with Gasteiger partial charge in [-0.25, -0.2) is 0 Å². The van der Waals surface area contributed by atoms with Crippen molar-refractivity contribution in [3.63, 3.8) is 0 Å². The third kappa shape index (κ3) is 5.01. The Labute approximate surface area is 150 Å². The molecule has 0 aliphatic heterocycles. The van der Waals surface area contributed by atoms with E-state index in [-0.39, 0.29) is 11.4 Å². The van der Waals surface area contributed by atoms with E-state index < -0.39 is 16.7 Å². The van der Waals surface area contributed by atoms with Crippen LogP contribution in [0.2, 0.25) is 0 Å². The fourth-order valence-corrected chi connectivity index (χ4v) is 2.30. The average Bonchev–Trinajstić information content (AvgIpc) is 2.57. The minimum Gasteiger partial charge on any atom is -0.322 e. The Bertz CT molecular complexity index is 903. The van der Waals surface area contributed by atoms with Crippen LogP contribution in [0.5, 0.6) is 0 Å². The fourth-order valence-electron chi connectivity index (χ4n) is 2.30. The molecule has 2 rings (SSSR count). The van der Waals surface area contributed by atoms with E-state index in [2.05, 4.69) is 10.6 Å². The van der Waals surface area contributed by atoms with E-state index in [9.17, 15) is 19.7 Å². The maximum Gasteiger partial charge on any atom is 0.272 e. The number of rotatable bonds is 5. The van der Waals surface area contributed by atoms with E-state index in [1.807, 2.05) is 32.0 Å². The Kier molecular flexibility index (Phi) is 5.85. The number of amides is 2. The summed E-state index contributed by atoms with van der Waals surface area (Å²) in [5.41, 5.74) is 2.82. The van der Waals surface area contributed by atoms with Gasteiger partial charge in [-0.3, -0.25) is 19.7 Å². The van der Waals surface area contributed by atoms with E-state index in [0.29, 0.717) is 11.3 Å². The van der Waals surface area contributed by atoms with Crippen LogP contribution in [-0.2, 0) is 9.59 Å². The SMILES string of the molecule is CC(=O)N/C(=C\c1cccc([N+](=O)[O-])c1)C(=O)Nc1cc(C)ccc1C. The van der Waals surface area contributed by atoms with Gasteiger partial charge in [-0.15, -0.1) is 0 Å². The van der Waals surface area contributed by atoms with Gasteiger partial charge < -0.3 is 10.6 Å². The number of benzene rings is 2. The molecule has 0 atom stereocenters. The molecule has 0 saturated heterocycles. The Morgan fingerprint density at radius 2 is 1.85 bits per heavy atom. The first-order chi connectivity index (χ1) is 12.3. The van der Waals surface area contributed by atoms with Gasteiger partial charge in [0.1, 0.15) is 5.70 Å². The van der Waals surface area contributed by atoms with E-state index in [4.69, 9.17) is 0 Å². The van der Waals surface area contributed by atoms with Crippen molar-refractivity contribution in [1.82, 2.24) is 5.32 Å². The molecule has 0 aromatic heterocycles. The number of hydrogen-bond acceptors (Lipinski definition) is 4. The van der Waals surface area contributed by atoms with Crippen LogP contribution in [0.15, 0.2) is 48.2 Å². The number of carbonyl (C=O) groups excluding carboxylic acids is 2. The molecule has 0 unspecified atom stereocenters. The second-order valence-corrected chi connectivity index (χ2v) is 5.86. The molecule has 0 aliphatic carbocycles. The van der Waals surface area contributed by atoms with Crippen molar-refractivity contribution in [1.29, 1.82) is 0 Å². The number of carbonyl (C=O) groups is 2. The minimum atomic E-state index is -0.522. The second kappa shape index (κ2) is 8.06. The Morgan fingerprint density at radius 3 is 2.50 bits per heavy atom. The molecular formula is C19H19N3O4. The molecule has 0 saturated carbocycles.